The first-order valence-corrected chi connectivity index (χ1v) is 34.3. The summed E-state index contributed by atoms with van der Waals surface area (Å²) in [6, 6.07) is 90.3. The summed E-state index contributed by atoms with van der Waals surface area (Å²) in [6.07, 6.45) is 0. The predicted octanol–water partition coefficient (Wildman–Crippen LogP) is 26.7. The largest absolute Gasteiger partial charge is 0.0622 e. The molecule has 0 amide bonds. The zero-order valence-corrected chi connectivity index (χ0v) is 57.9. The third kappa shape index (κ3) is 9.20. The molecule has 0 nitrogen and oxygen atoms in total. The Kier molecular flexibility index (Phi) is 13.1. The van der Waals surface area contributed by atoms with Crippen LogP contribution >= 0.6 is 0 Å². The Morgan fingerprint density at radius 1 is 0.191 bits per heavy atom. The summed E-state index contributed by atoms with van der Waals surface area (Å²) in [5.41, 5.74) is 28.4. The third-order valence-corrected chi connectivity index (χ3v) is 22.0. The molecule has 14 aromatic carbocycles. The molecule has 0 aromatic heterocycles. The Morgan fingerprint density at radius 2 is 0.489 bits per heavy atom. The van der Waals surface area contributed by atoms with Gasteiger partial charge >= 0.3 is 0 Å². The lowest BCUT2D eigenvalue weighted by atomic mass is 9.76. The molecule has 0 spiro atoms. The van der Waals surface area contributed by atoms with Crippen LogP contribution in [0.1, 0.15) is 155 Å². The molecule has 0 bridgehead atoms. The zero-order valence-electron chi connectivity index (χ0n) is 57.9. The van der Waals surface area contributed by atoms with Gasteiger partial charge in [-0.05, 0) is 257 Å². The molecule has 2 aliphatic carbocycles. The number of rotatable bonds is 5. The molecule has 0 aliphatic heterocycles. The number of benzene rings is 14. The summed E-state index contributed by atoms with van der Waals surface area (Å²) in [4.78, 5) is 0. The molecule has 0 fully saturated rings. The summed E-state index contributed by atoms with van der Waals surface area (Å²) >= 11 is 0. The van der Waals surface area contributed by atoms with Crippen molar-refractivity contribution >= 4 is 64.6 Å². The Balaban J connectivity index is 1.03. The van der Waals surface area contributed by atoms with Crippen LogP contribution < -0.4 is 0 Å². The average molecular weight is 1220 g/mol. The van der Waals surface area contributed by atoms with Crippen molar-refractivity contribution in [2.24, 2.45) is 0 Å². The quantitative estimate of drug-likeness (QED) is 0.151. The van der Waals surface area contributed by atoms with E-state index in [2.05, 4.69) is 341 Å². The lowest BCUT2D eigenvalue weighted by Crippen LogP contribution is -2.19. The fourth-order valence-corrected chi connectivity index (χ4v) is 16.4. The second-order valence-corrected chi connectivity index (χ2v) is 32.9. The molecule has 0 heteroatoms. The van der Waals surface area contributed by atoms with Gasteiger partial charge in [-0.3, -0.25) is 0 Å². The third-order valence-electron chi connectivity index (χ3n) is 22.0. The minimum atomic E-state index is -0.221. The standard InChI is InChI=1S/C94H86/c1-89(2,3)59-37-41-69-83(47-59)93(13,14)85-49-61(91(7,8)9)45-81(87(69)85)77-54-80-74-44-58(57-35-39-67-72(56-29-21-18-22-30-56)51-75-64-32-24-23-31-63(64)71(52-79(75)73(67)43-57)55-27-19-17-20-28-55)36-40-68(74)78(53-76(80)65-33-25-26-34-66(65)77)82-46-62(92(10,11)12)50-86-88(82)70-42-38-60(90(4,5)6)48-84(70)94(86,15)16/h17-54H,1-16H3. The maximum absolute atomic E-state index is 2.61. The van der Waals surface area contributed by atoms with Gasteiger partial charge in [0.2, 0.25) is 0 Å². The van der Waals surface area contributed by atoms with Crippen molar-refractivity contribution in [2.75, 3.05) is 0 Å². The van der Waals surface area contributed by atoms with Crippen LogP contribution in [-0.4, -0.2) is 0 Å². The number of hydrogen-bond acceptors (Lipinski definition) is 0. The summed E-state index contributed by atoms with van der Waals surface area (Å²) < 4.78 is 0. The van der Waals surface area contributed by atoms with Gasteiger partial charge in [0.1, 0.15) is 0 Å². The molecule has 462 valence electrons. The summed E-state index contributed by atoms with van der Waals surface area (Å²) in [7, 11) is 0. The van der Waals surface area contributed by atoms with E-state index in [-0.39, 0.29) is 32.5 Å². The topological polar surface area (TPSA) is 0 Å². The highest BCUT2D eigenvalue weighted by molar-refractivity contribution is 6.27. The number of fused-ring (bicyclic) bond motifs is 16. The van der Waals surface area contributed by atoms with Crippen molar-refractivity contribution in [3.8, 4) is 77.9 Å². The molecule has 2 aliphatic rings. The van der Waals surface area contributed by atoms with Crippen LogP contribution in [0.15, 0.2) is 231 Å². The highest BCUT2D eigenvalue weighted by Gasteiger charge is 2.42. The highest BCUT2D eigenvalue weighted by Crippen LogP contribution is 2.59. The Labute approximate surface area is 557 Å². The van der Waals surface area contributed by atoms with Crippen LogP contribution in [-0.2, 0) is 32.5 Å². The fourth-order valence-electron chi connectivity index (χ4n) is 16.4. The Bertz CT molecular complexity index is 5540. The van der Waals surface area contributed by atoms with Crippen molar-refractivity contribution in [1.82, 2.24) is 0 Å². The van der Waals surface area contributed by atoms with E-state index in [4.69, 9.17) is 0 Å². The minimum absolute atomic E-state index is 0.0107. The van der Waals surface area contributed by atoms with E-state index in [0.717, 1.165) is 0 Å². The second-order valence-electron chi connectivity index (χ2n) is 32.9. The Morgan fingerprint density at radius 3 is 0.872 bits per heavy atom. The summed E-state index contributed by atoms with van der Waals surface area (Å²) in [5.74, 6) is 0. The second kappa shape index (κ2) is 20.6. The van der Waals surface area contributed by atoms with Crippen LogP contribution in [0.25, 0.3) is 143 Å². The van der Waals surface area contributed by atoms with Crippen LogP contribution in [0.3, 0.4) is 0 Å². The van der Waals surface area contributed by atoms with E-state index >= 15 is 0 Å². The molecule has 0 atom stereocenters. The average Bonchev–Trinajstić information content (AvgIpc) is 1.41. The van der Waals surface area contributed by atoms with Crippen LogP contribution in [0.4, 0.5) is 0 Å². The van der Waals surface area contributed by atoms with Crippen molar-refractivity contribution in [3.63, 3.8) is 0 Å². The van der Waals surface area contributed by atoms with Gasteiger partial charge in [0.05, 0.1) is 0 Å². The van der Waals surface area contributed by atoms with Crippen LogP contribution in [0, 0.1) is 0 Å². The minimum Gasteiger partial charge on any atom is -0.0622 e. The van der Waals surface area contributed by atoms with Gasteiger partial charge in [-0.15, -0.1) is 0 Å². The molecule has 0 saturated carbocycles. The molecule has 0 saturated heterocycles. The SMILES string of the molecule is CC(C)(C)c1ccc2c(c1)C(C)(C)c1cc(C(C)(C)C)cc(-c3cc4c5cc(-c6ccc7c(-c8ccccc8)cc8c9ccccc9c(-c9ccccc9)cc8c7c6)ccc5c(-c5cc(C(C)(C)C)cc6c5-c5ccc(C(C)(C)C)cc5C6(C)C)cc4c4ccccc34)c1-2. The monoisotopic (exact) mass is 1210 g/mol. The van der Waals surface area contributed by atoms with E-state index in [1.807, 2.05) is 0 Å². The first-order chi connectivity index (χ1) is 44.6. The molecule has 0 heterocycles. The van der Waals surface area contributed by atoms with Gasteiger partial charge in [0.15, 0.2) is 0 Å². The summed E-state index contributed by atoms with van der Waals surface area (Å²) in [5, 5.41) is 15.1. The summed E-state index contributed by atoms with van der Waals surface area (Å²) in [6.45, 7) is 38.3. The maximum Gasteiger partial charge on any atom is 0.0159 e. The van der Waals surface area contributed by atoms with E-state index < -0.39 is 0 Å². The molecule has 94 heavy (non-hydrogen) atoms. The molecular formula is C94H86. The molecule has 0 N–H and O–H groups in total. The molecule has 14 aromatic rings. The first kappa shape index (κ1) is 59.6. The molecule has 0 unspecified atom stereocenters. The van der Waals surface area contributed by atoms with Crippen LogP contribution in [0.2, 0.25) is 0 Å². The van der Waals surface area contributed by atoms with Gasteiger partial charge in [-0.1, -0.05) is 293 Å². The zero-order chi connectivity index (χ0) is 65.5. The molecule has 0 radical (unpaired) electrons. The smallest absolute Gasteiger partial charge is 0.0159 e. The van der Waals surface area contributed by atoms with Crippen LogP contribution in [0.5, 0.6) is 0 Å². The van der Waals surface area contributed by atoms with E-state index in [9.17, 15) is 0 Å². The lowest BCUT2D eigenvalue weighted by molar-refractivity contribution is 0.579. The van der Waals surface area contributed by atoms with Crippen molar-refractivity contribution in [1.29, 1.82) is 0 Å². The number of hydrogen-bond donors (Lipinski definition) is 0. The van der Waals surface area contributed by atoms with Gasteiger partial charge in [0.25, 0.3) is 0 Å². The van der Waals surface area contributed by atoms with Gasteiger partial charge in [-0.2, -0.15) is 0 Å². The molecular weight excluding hydrogens is 1130 g/mol. The maximum atomic E-state index is 2.61. The van der Waals surface area contributed by atoms with E-state index in [1.54, 1.807) is 0 Å². The van der Waals surface area contributed by atoms with E-state index in [0.29, 0.717) is 0 Å². The highest BCUT2D eigenvalue weighted by atomic mass is 14.4. The normalized spacial score (nSPS) is 14.3. The Hall–Kier alpha value is -9.36. The van der Waals surface area contributed by atoms with E-state index in [1.165, 1.54) is 187 Å². The lowest BCUT2D eigenvalue weighted by Gasteiger charge is -2.28. The van der Waals surface area contributed by atoms with Crippen molar-refractivity contribution in [2.45, 2.75) is 143 Å². The van der Waals surface area contributed by atoms with Gasteiger partial charge in [-0.25, -0.2) is 0 Å². The van der Waals surface area contributed by atoms with Gasteiger partial charge < -0.3 is 0 Å². The fraction of sp³-hybridized carbons (Fsp3) is 0.234. The first-order valence-electron chi connectivity index (χ1n) is 34.3. The van der Waals surface area contributed by atoms with Gasteiger partial charge in [0, 0.05) is 10.8 Å². The van der Waals surface area contributed by atoms with Crippen molar-refractivity contribution < 1.29 is 0 Å². The predicted molar refractivity (Wildman–Crippen MR) is 409 cm³/mol. The van der Waals surface area contributed by atoms with Crippen molar-refractivity contribution in [3.05, 3.63) is 275 Å². The molecule has 16 rings (SSSR count).